The molecule has 0 radical (unpaired) electrons. The van der Waals surface area contributed by atoms with Crippen LogP contribution in [0.1, 0.15) is 11.1 Å². The first-order valence-electron chi connectivity index (χ1n) is 7.73. The number of halogens is 1. The van der Waals surface area contributed by atoms with Crippen LogP contribution in [0.15, 0.2) is 57.9 Å². The number of para-hydroxylation sites is 1. The van der Waals surface area contributed by atoms with Gasteiger partial charge in [0, 0.05) is 10.0 Å². The fourth-order valence-corrected chi connectivity index (χ4v) is 3.44. The Morgan fingerprint density at radius 1 is 1.15 bits per heavy atom. The summed E-state index contributed by atoms with van der Waals surface area (Å²) in [5.74, 6) is 2.59. The van der Waals surface area contributed by atoms with E-state index < -0.39 is 0 Å². The summed E-state index contributed by atoms with van der Waals surface area (Å²) >= 11 is 4.29. The minimum absolute atomic E-state index is 0.0241. The van der Waals surface area contributed by atoms with Crippen LogP contribution in [0.25, 0.3) is 6.08 Å². The Bertz CT molecular complexity index is 915. The topological polar surface area (TPSA) is 46.6 Å². The molecular weight excluding hydrogens is 414 g/mol. The molecule has 1 fully saturated rings. The SMILES string of the molecule is C#CCN1C(=O)S/C(=C/c2ccccc2OCc2ccc(Br)cc2)C1=O. The standard InChI is InChI=1S/C20H14BrNO3S/c1-2-11-22-19(23)18(26-20(22)24)12-15-5-3-4-6-17(15)25-13-14-7-9-16(21)10-8-14/h1,3-10,12H,11,13H2/b18-12+. The summed E-state index contributed by atoms with van der Waals surface area (Å²) in [7, 11) is 0. The molecule has 0 bridgehead atoms. The van der Waals surface area contributed by atoms with Crippen molar-refractivity contribution in [1.82, 2.24) is 4.90 Å². The first-order valence-corrected chi connectivity index (χ1v) is 9.34. The summed E-state index contributed by atoms with van der Waals surface area (Å²) in [6, 6.07) is 15.2. The Kier molecular flexibility index (Phi) is 5.82. The van der Waals surface area contributed by atoms with Crippen molar-refractivity contribution in [1.29, 1.82) is 0 Å². The number of benzene rings is 2. The van der Waals surface area contributed by atoms with Gasteiger partial charge in [0.15, 0.2) is 0 Å². The molecule has 0 atom stereocenters. The first kappa shape index (κ1) is 18.3. The largest absolute Gasteiger partial charge is 0.488 e. The predicted molar refractivity (Wildman–Crippen MR) is 106 cm³/mol. The van der Waals surface area contributed by atoms with E-state index in [0.717, 1.165) is 32.3 Å². The molecule has 0 spiro atoms. The van der Waals surface area contributed by atoms with Crippen LogP contribution in [-0.4, -0.2) is 22.6 Å². The molecule has 0 aromatic heterocycles. The lowest BCUT2D eigenvalue weighted by Crippen LogP contribution is -2.28. The number of nitrogens with zero attached hydrogens (tertiary/aromatic N) is 1. The van der Waals surface area contributed by atoms with Crippen molar-refractivity contribution in [3.8, 4) is 18.1 Å². The predicted octanol–water partition coefficient (Wildman–Crippen LogP) is 4.70. The van der Waals surface area contributed by atoms with Gasteiger partial charge >= 0.3 is 0 Å². The second kappa shape index (κ2) is 8.26. The van der Waals surface area contributed by atoms with Crippen molar-refractivity contribution in [3.63, 3.8) is 0 Å². The highest BCUT2D eigenvalue weighted by molar-refractivity contribution is 9.10. The summed E-state index contributed by atoms with van der Waals surface area (Å²) in [6.45, 7) is 0.375. The number of rotatable bonds is 5. The molecule has 1 heterocycles. The Morgan fingerprint density at radius 3 is 2.62 bits per heavy atom. The lowest BCUT2D eigenvalue weighted by molar-refractivity contribution is -0.122. The second-order valence-electron chi connectivity index (χ2n) is 5.42. The van der Waals surface area contributed by atoms with Gasteiger partial charge in [-0.3, -0.25) is 14.5 Å². The van der Waals surface area contributed by atoms with Gasteiger partial charge in [0.05, 0.1) is 11.4 Å². The third-order valence-electron chi connectivity index (χ3n) is 3.64. The van der Waals surface area contributed by atoms with Gasteiger partial charge in [-0.05, 0) is 41.6 Å². The average molecular weight is 428 g/mol. The van der Waals surface area contributed by atoms with Crippen molar-refractivity contribution in [2.45, 2.75) is 6.61 Å². The lowest BCUT2D eigenvalue weighted by Gasteiger charge is -2.10. The van der Waals surface area contributed by atoms with Crippen LogP contribution >= 0.6 is 27.7 Å². The number of carbonyl (C=O) groups excluding carboxylic acids is 2. The van der Waals surface area contributed by atoms with E-state index in [1.165, 1.54) is 0 Å². The van der Waals surface area contributed by atoms with Crippen molar-refractivity contribution in [2.75, 3.05) is 6.54 Å². The van der Waals surface area contributed by atoms with Crippen LogP contribution in [0.5, 0.6) is 5.75 Å². The van der Waals surface area contributed by atoms with E-state index in [0.29, 0.717) is 17.3 Å². The maximum absolute atomic E-state index is 12.3. The van der Waals surface area contributed by atoms with E-state index in [1.54, 1.807) is 6.08 Å². The lowest BCUT2D eigenvalue weighted by atomic mass is 10.1. The minimum atomic E-state index is -0.374. The maximum Gasteiger partial charge on any atom is 0.294 e. The van der Waals surface area contributed by atoms with E-state index in [9.17, 15) is 9.59 Å². The van der Waals surface area contributed by atoms with Crippen LogP contribution in [-0.2, 0) is 11.4 Å². The van der Waals surface area contributed by atoms with E-state index in [-0.39, 0.29) is 17.7 Å². The van der Waals surface area contributed by atoms with Gasteiger partial charge in [0.1, 0.15) is 12.4 Å². The summed E-state index contributed by atoms with van der Waals surface area (Å²) in [6.07, 6.45) is 6.88. The fourth-order valence-electron chi connectivity index (χ4n) is 2.34. The summed E-state index contributed by atoms with van der Waals surface area (Å²) in [5.41, 5.74) is 1.76. The van der Waals surface area contributed by atoms with Crippen molar-refractivity contribution in [3.05, 3.63) is 69.0 Å². The van der Waals surface area contributed by atoms with Gasteiger partial charge in [-0.2, -0.15) is 0 Å². The van der Waals surface area contributed by atoms with E-state index in [2.05, 4.69) is 21.9 Å². The Labute approximate surface area is 164 Å². The van der Waals surface area contributed by atoms with Crippen molar-refractivity contribution in [2.24, 2.45) is 0 Å². The van der Waals surface area contributed by atoms with Gasteiger partial charge in [-0.25, -0.2) is 0 Å². The average Bonchev–Trinajstić information content (AvgIpc) is 2.90. The van der Waals surface area contributed by atoms with Crippen molar-refractivity contribution < 1.29 is 14.3 Å². The molecule has 0 unspecified atom stereocenters. The molecule has 3 rings (SSSR count). The molecule has 2 amide bonds. The fraction of sp³-hybridized carbons (Fsp3) is 0.100. The Morgan fingerprint density at radius 2 is 1.88 bits per heavy atom. The number of hydrogen-bond acceptors (Lipinski definition) is 4. The smallest absolute Gasteiger partial charge is 0.294 e. The molecule has 4 nitrogen and oxygen atoms in total. The molecule has 26 heavy (non-hydrogen) atoms. The molecule has 1 aliphatic rings. The molecule has 2 aromatic rings. The normalized spacial score (nSPS) is 15.4. The van der Waals surface area contributed by atoms with Crippen molar-refractivity contribution >= 4 is 44.9 Å². The number of amides is 2. The van der Waals surface area contributed by atoms with Gasteiger partial charge < -0.3 is 4.74 Å². The second-order valence-corrected chi connectivity index (χ2v) is 7.33. The highest BCUT2D eigenvalue weighted by atomic mass is 79.9. The van der Waals surface area contributed by atoms with Crippen LogP contribution in [0, 0.1) is 12.3 Å². The van der Waals surface area contributed by atoms with Crippen LogP contribution in [0.4, 0.5) is 4.79 Å². The molecular formula is C20H14BrNO3S. The monoisotopic (exact) mass is 427 g/mol. The molecule has 6 heteroatoms. The number of thioether (sulfide) groups is 1. The number of imide groups is 1. The molecule has 0 N–H and O–H groups in total. The zero-order valence-corrected chi connectivity index (χ0v) is 16.0. The van der Waals surface area contributed by atoms with E-state index >= 15 is 0 Å². The van der Waals surface area contributed by atoms with Gasteiger partial charge in [-0.1, -0.05) is 52.2 Å². The van der Waals surface area contributed by atoms with E-state index in [1.807, 2.05) is 48.5 Å². The Balaban J connectivity index is 1.79. The van der Waals surface area contributed by atoms with Gasteiger partial charge in [0.25, 0.3) is 11.1 Å². The third-order valence-corrected chi connectivity index (χ3v) is 5.07. The molecule has 2 aromatic carbocycles. The zero-order chi connectivity index (χ0) is 18.5. The molecule has 130 valence electrons. The third kappa shape index (κ3) is 4.18. The number of carbonyl (C=O) groups is 2. The zero-order valence-electron chi connectivity index (χ0n) is 13.6. The molecule has 1 saturated heterocycles. The highest BCUT2D eigenvalue weighted by Crippen LogP contribution is 2.33. The van der Waals surface area contributed by atoms with Crippen LogP contribution in [0.2, 0.25) is 0 Å². The summed E-state index contributed by atoms with van der Waals surface area (Å²) < 4.78 is 6.90. The van der Waals surface area contributed by atoms with Gasteiger partial charge in [-0.15, -0.1) is 6.42 Å². The minimum Gasteiger partial charge on any atom is -0.488 e. The summed E-state index contributed by atoms with van der Waals surface area (Å²) in [5, 5.41) is -0.354. The molecule has 0 saturated carbocycles. The van der Waals surface area contributed by atoms with Crippen LogP contribution in [0.3, 0.4) is 0 Å². The quantitative estimate of drug-likeness (QED) is 0.512. The number of ether oxygens (including phenoxy) is 1. The Hall–Kier alpha value is -2.49. The molecule has 0 aliphatic carbocycles. The van der Waals surface area contributed by atoms with Gasteiger partial charge in [0.2, 0.25) is 0 Å². The first-order chi connectivity index (χ1) is 12.6. The highest BCUT2D eigenvalue weighted by Gasteiger charge is 2.34. The van der Waals surface area contributed by atoms with Crippen LogP contribution < -0.4 is 4.74 Å². The number of terminal acetylenes is 1. The number of hydrogen-bond donors (Lipinski definition) is 0. The summed E-state index contributed by atoms with van der Waals surface area (Å²) in [4.78, 5) is 25.6. The van der Waals surface area contributed by atoms with E-state index in [4.69, 9.17) is 11.2 Å². The molecule has 1 aliphatic heterocycles. The maximum atomic E-state index is 12.3.